The van der Waals surface area contributed by atoms with E-state index in [-0.39, 0.29) is 5.78 Å². The van der Waals surface area contributed by atoms with E-state index in [0.717, 1.165) is 24.8 Å². The highest BCUT2D eigenvalue weighted by Crippen LogP contribution is 2.42. The maximum atomic E-state index is 13.3. The van der Waals surface area contributed by atoms with Crippen LogP contribution in [0.15, 0.2) is 113 Å². The van der Waals surface area contributed by atoms with Crippen LogP contribution >= 0.6 is 11.8 Å². The molecule has 0 radical (unpaired) electrons. The van der Waals surface area contributed by atoms with E-state index in [1.807, 2.05) is 17.8 Å². The largest absolute Gasteiger partial charge is 0.294 e. The zero-order valence-electron chi connectivity index (χ0n) is 22.7. The Morgan fingerprint density at radius 2 is 1.69 bits per heavy atom. The Hall–Kier alpha value is -3.36. The van der Waals surface area contributed by atoms with Crippen LogP contribution in [0.5, 0.6) is 0 Å². The molecule has 0 unspecified atom stereocenters. The van der Waals surface area contributed by atoms with Crippen LogP contribution in [0.1, 0.15) is 83.1 Å². The highest BCUT2D eigenvalue weighted by Gasteiger charge is 2.22. The average Bonchev–Trinajstić information content (AvgIpc) is 2.92. The third-order valence-corrected chi connectivity index (χ3v) is 9.58. The van der Waals surface area contributed by atoms with E-state index in [0.29, 0.717) is 18.3 Å². The maximum Gasteiger partial charge on any atom is 0.163 e. The molecule has 0 aromatic heterocycles. The summed E-state index contributed by atoms with van der Waals surface area (Å²) in [6.45, 7) is 2.20. The monoisotopic (exact) mass is 528 g/mol. The standard InChI is InChI=1S/C37H36OS/c1-26(17-18-27-9-3-2-4-10-27)23-35(38)31-20-22-36-32(25-31)19-21-33(34-15-5-6-16-37(34)39-36)30-14-8-13-29(24-30)28-11-7-12-28/h2-6,8-10,13-16,20-22,24-26,28H,7,11-12,17-19,23H2,1H3/b33-21+/t26-/m0/s1. The predicted molar refractivity (Wildman–Crippen MR) is 164 cm³/mol. The molecule has 4 aromatic rings. The first-order valence-corrected chi connectivity index (χ1v) is 15.2. The maximum absolute atomic E-state index is 13.3. The van der Waals surface area contributed by atoms with Crippen LogP contribution in [-0.4, -0.2) is 5.78 Å². The van der Waals surface area contributed by atoms with Gasteiger partial charge < -0.3 is 0 Å². The van der Waals surface area contributed by atoms with Crippen LogP contribution in [0.25, 0.3) is 5.57 Å². The van der Waals surface area contributed by atoms with Crippen molar-refractivity contribution in [3.8, 4) is 0 Å². The second-order valence-corrected chi connectivity index (χ2v) is 12.3. The lowest BCUT2D eigenvalue weighted by atomic mass is 9.79. The molecular formula is C37H36OS. The molecule has 39 heavy (non-hydrogen) atoms. The molecule has 2 heteroatoms. The van der Waals surface area contributed by atoms with E-state index in [4.69, 9.17) is 0 Å². The molecule has 0 N–H and O–H groups in total. The van der Waals surface area contributed by atoms with Gasteiger partial charge in [0.1, 0.15) is 0 Å². The first-order chi connectivity index (χ1) is 19.1. The summed E-state index contributed by atoms with van der Waals surface area (Å²) in [5, 5.41) is 0. The molecular weight excluding hydrogens is 492 g/mol. The van der Waals surface area contributed by atoms with E-state index < -0.39 is 0 Å². The molecule has 4 aromatic carbocycles. The van der Waals surface area contributed by atoms with Crippen molar-refractivity contribution in [1.82, 2.24) is 0 Å². The van der Waals surface area contributed by atoms with Crippen LogP contribution in [-0.2, 0) is 12.8 Å². The summed E-state index contributed by atoms with van der Waals surface area (Å²) in [6, 6.07) is 34.9. The van der Waals surface area contributed by atoms with Gasteiger partial charge in [0.25, 0.3) is 0 Å². The van der Waals surface area contributed by atoms with Crippen molar-refractivity contribution < 1.29 is 4.79 Å². The van der Waals surface area contributed by atoms with Crippen molar-refractivity contribution in [2.75, 3.05) is 0 Å². The van der Waals surface area contributed by atoms with Crippen LogP contribution < -0.4 is 0 Å². The number of carbonyl (C=O) groups is 1. The van der Waals surface area contributed by atoms with E-state index in [1.54, 1.807) is 0 Å². The van der Waals surface area contributed by atoms with Gasteiger partial charge in [0.2, 0.25) is 0 Å². The van der Waals surface area contributed by atoms with Crippen molar-refractivity contribution in [2.45, 2.75) is 67.6 Å². The Labute approximate surface area is 237 Å². The number of ketones is 1. The smallest absolute Gasteiger partial charge is 0.163 e. The first-order valence-electron chi connectivity index (χ1n) is 14.4. The minimum atomic E-state index is 0.253. The molecule has 1 saturated carbocycles. The molecule has 0 amide bonds. The van der Waals surface area contributed by atoms with Crippen LogP contribution in [0, 0.1) is 5.92 Å². The summed E-state index contributed by atoms with van der Waals surface area (Å²) in [4.78, 5) is 15.8. The lowest BCUT2D eigenvalue weighted by molar-refractivity contribution is 0.0962. The molecule has 1 aliphatic heterocycles. The summed E-state index contributed by atoms with van der Waals surface area (Å²) in [7, 11) is 0. The highest BCUT2D eigenvalue weighted by molar-refractivity contribution is 7.99. The van der Waals surface area contributed by atoms with Gasteiger partial charge in [-0.2, -0.15) is 0 Å². The molecule has 196 valence electrons. The fraction of sp³-hybridized carbons (Fsp3) is 0.270. The number of benzene rings is 4. The zero-order valence-corrected chi connectivity index (χ0v) is 23.6. The lowest BCUT2D eigenvalue weighted by Crippen LogP contribution is -2.09. The van der Waals surface area contributed by atoms with Crippen molar-refractivity contribution in [3.05, 3.63) is 137 Å². The molecule has 1 heterocycles. The Bertz CT molecular complexity index is 1500. The summed E-state index contributed by atoms with van der Waals surface area (Å²) >= 11 is 1.83. The van der Waals surface area contributed by atoms with E-state index in [9.17, 15) is 4.79 Å². The molecule has 0 spiro atoms. The molecule has 1 aliphatic carbocycles. The number of allylic oxidation sites excluding steroid dienone is 1. The van der Waals surface area contributed by atoms with Gasteiger partial charge in [-0.25, -0.2) is 0 Å². The Kier molecular flexibility index (Phi) is 7.83. The van der Waals surface area contributed by atoms with E-state index in [2.05, 4.69) is 104 Å². The first kappa shape index (κ1) is 25.9. The van der Waals surface area contributed by atoms with Gasteiger partial charge >= 0.3 is 0 Å². The van der Waals surface area contributed by atoms with E-state index in [1.165, 1.54) is 62.4 Å². The summed E-state index contributed by atoms with van der Waals surface area (Å²) in [5.74, 6) is 1.33. The normalized spacial score (nSPS) is 17.0. The summed E-state index contributed by atoms with van der Waals surface area (Å²) in [6.07, 6.45) is 9.81. The quantitative estimate of drug-likeness (QED) is 0.212. The minimum absolute atomic E-state index is 0.253. The molecule has 0 saturated heterocycles. The van der Waals surface area contributed by atoms with Crippen molar-refractivity contribution in [3.63, 3.8) is 0 Å². The second-order valence-electron chi connectivity index (χ2n) is 11.3. The SMILES string of the molecule is C[C@@H](CCc1ccccc1)CC(=O)c1ccc2c(c1)C/C=C(\c1cccc(C3CCC3)c1)c1ccccc1S2. The molecule has 2 aliphatic rings. The number of aryl methyl sites for hydroxylation is 1. The molecule has 1 nitrogen and oxygen atoms in total. The predicted octanol–water partition coefficient (Wildman–Crippen LogP) is 9.93. The van der Waals surface area contributed by atoms with Crippen LogP contribution in [0.4, 0.5) is 0 Å². The minimum Gasteiger partial charge on any atom is -0.294 e. The molecule has 0 bridgehead atoms. The van der Waals surface area contributed by atoms with Gasteiger partial charge in [-0.3, -0.25) is 4.79 Å². The fourth-order valence-electron chi connectivity index (χ4n) is 5.80. The Balaban J connectivity index is 1.24. The average molecular weight is 529 g/mol. The fourth-order valence-corrected chi connectivity index (χ4v) is 6.88. The third kappa shape index (κ3) is 5.97. The summed E-state index contributed by atoms with van der Waals surface area (Å²) in [5.41, 5.74) is 8.80. The summed E-state index contributed by atoms with van der Waals surface area (Å²) < 4.78 is 0. The highest BCUT2D eigenvalue weighted by atomic mass is 32.2. The zero-order chi connectivity index (χ0) is 26.6. The molecule has 1 fully saturated rings. The number of hydrogen-bond donors (Lipinski definition) is 0. The van der Waals surface area contributed by atoms with Gasteiger partial charge in [0.15, 0.2) is 5.78 Å². The second kappa shape index (κ2) is 11.8. The third-order valence-electron chi connectivity index (χ3n) is 8.38. The lowest BCUT2D eigenvalue weighted by Gasteiger charge is -2.26. The molecule has 1 atom stereocenters. The Morgan fingerprint density at radius 3 is 2.51 bits per heavy atom. The number of hydrogen-bond acceptors (Lipinski definition) is 2. The van der Waals surface area contributed by atoms with Crippen molar-refractivity contribution in [2.24, 2.45) is 5.92 Å². The topological polar surface area (TPSA) is 17.1 Å². The number of carbonyl (C=O) groups excluding carboxylic acids is 1. The number of fused-ring (bicyclic) bond motifs is 2. The number of Topliss-reactive ketones (excluding diaryl/α,β-unsaturated/α-hetero) is 1. The van der Waals surface area contributed by atoms with E-state index >= 15 is 0 Å². The van der Waals surface area contributed by atoms with Gasteiger partial charge in [-0.1, -0.05) is 110 Å². The van der Waals surface area contributed by atoms with Crippen LogP contribution in [0.3, 0.4) is 0 Å². The van der Waals surface area contributed by atoms with Crippen LogP contribution in [0.2, 0.25) is 0 Å². The van der Waals surface area contributed by atoms with Gasteiger partial charge in [-0.05, 0) is 95.5 Å². The molecule has 6 rings (SSSR count). The van der Waals surface area contributed by atoms with Gasteiger partial charge in [0, 0.05) is 21.8 Å². The number of rotatable bonds is 8. The van der Waals surface area contributed by atoms with Crippen molar-refractivity contribution in [1.29, 1.82) is 0 Å². The van der Waals surface area contributed by atoms with Gasteiger partial charge in [-0.15, -0.1) is 0 Å². The Morgan fingerprint density at radius 1 is 0.872 bits per heavy atom. The van der Waals surface area contributed by atoms with Crippen molar-refractivity contribution >= 4 is 23.1 Å². The van der Waals surface area contributed by atoms with Gasteiger partial charge in [0.05, 0.1) is 0 Å².